The highest BCUT2D eigenvalue weighted by atomic mass is 16.2. The van der Waals surface area contributed by atoms with Crippen molar-refractivity contribution in [3.8, 4) is 0 Å². The maximum Gasteiger partial charge on any atom is 0.226 e. The van der Waals surface area contributed by atoms with Gasteiger partial charge >= 0.3 is 0 Å². The van der Waals surface area contributed by atoms with Gasteiger partial charge in [-0.3, -0.25) is 14.3 Å². The van der Waals surface area contributed by atoms with Crippen LogP contribution < -0.4 is 10.6 Å². The van der Waals surface area contributed by atoms with Crippen LogP contribution in [0.1, 0.15) is 24.0 Å². The minimum atomic E-state index is -0.0482. The molecule has 1 aromatic carbocycles. The summed E-state index contributed by atoms with van der Waals surface area (Å²) in [6, 6.07) is 5.56. The number of hydrogen-bond acceptors (Lipinski definition) is 3. The monoisotopic (exact) mass is 298 g/mol. The second-order valence-corrected chi connectivity index (χ2v) is 5.50. The topological polar surface area (TPSA) is 76.0 Å². The van der Waals surface area contributed by atoms with Gasteiger partial charge in [0.25, 0.3) is 0 Å². The van der Waals surface area contributed by atoms with Crippen LogP contribution in [0.15, 0.2) is 30.6 Å². The Morgan fingerprint density at radius 2 is 2.27 bits per heavy atom. The lowest BCUT2D eigenvalue weighted by molar-refractivity contribution is -0.117. The van der Waals surface area contributed by atoms with Crippen LogP contribution in [0, 0.1) is 6.92 Å². The molecule has 2 heterocycles. The molecule has 1 aliphatic rings. The van der Waals surface area contributed by atoms with E-state index in [0.29, 0.717) is 25.8 Å². The van der Waals surface area contributed by atoms with Gasteiger partial charge in [0.2, 0.25) is 11.8 Å². The van der Waals surface area contributed by atoms with Crippen LogP contribution in [0.25, 0.3) is 0 Å². The molecule has 2 N–H and O–H groups in total. The first-order valence-corrected chi connectivity index (χ1v) is 7.32. The van der Waals surface area contributed by atoms with E-state index in [1.807, 2.05) is 25.3 Å². The fourth-order valence-corrected chi connectivity index (χ4v) is 2.49. The van der Waals surface area contributed by atoms with Crippen molar-refractivity contribution < 1.29 is 9.59 Å². The Hall–Kier alpha value is -2.63. The highest BCUT2D eigenvalue weighted by Gasteiger charge is 2.15. The Labute approximate surface area is 128 Å². The number of anilines is 2. The van der Waals surface area contributed by atoms with Gasteiger partial charge in [0.15, 0.2) is 0 Å². The summed E-state index contributed by atoms with van der Waals surface area (Å²) in [6.07, 6.45) is 5.25. The van der Waals surface area contributed by atoms with Crippen LogP contribution >= 0.6 is 0 Å². The van der Waals surface area contributed by atoms with Gasteiger partial charge in [-0.05, 0) is 42.7 Å². The quantitative estimate of drug-likeness (QED) is 0.907. The molecule has 0 bridgehead atoms. The van der Waals surface area contributed by atoms with Crippen LogP contribution in [0.4, 0.5) is 11.4 Å². The first-order valence-electron chi connectivity index (χ1n) is 7.32. The number of amides is 2. The predicted octanol–water partition coefficient (Wildman–Crippen LogP) is 2.11. The van der Waals surface area contributed by atoms with Crippen LogP contribution in [0.3, 0.4) is 0 Å². The predicted molar refractivity (Wildman–Crippen MR) is 83.6 cm³/mol. The first kappa shape index (κ1) is 14.3. The number of aryl methyl sites for hydroxylation is 3. The maximum atomic E-state index is 12.0. The smallest absolute Gasteiger partial charge is 0.226 e. The molecule has 0 unspecified atom stereocenters. The van der Waals surface area contributed by atoms with Crippen molar-refractivity contribution in [2.24, 2.45) is 0 Å². The van der Waals surface area contributed by atoms with E-state index in [-0.39, 0.29) is 11.8 Å². The van der Waals surface area contributed by atoms with Gasteiger partial charge in [-0.15, -0.1) is 0 Å². The lowest BCUT2D eigenvalue weighted by atomic mass is 10.0. The number of aromatic nitrogens is 2. The van der Waals surface area contributed by atoms with Crippen molar-refractivity contribution >= 4 is 23.2 Å². The zero-order valence-electron chi connectivity index (χ0n) is 12.4. The highest BCUT2D eigenvalue weighted by molar-refractivity contribution is 5.95. The average molecular weight is 298 g/mol. The van der Waals surface area contributed by atoms with Crippen molar-refractivity contribution in [1.29, 1.82) is 0 Å². The molecule has 0 spiro atoms. The molecule has 0 saturated heterocycles. The standard InChI is InChI=1S/C16H18N4O2/c1-11-9-17-20(10-11)7-6-16(22)18-13-3-4-14-12(8-13)2-5-15(21)19-14/h3-4,8-10H,2,5-7H2,1H3,(H,18,22)(H,19,21). The highest BCUT2D eigenvalue weighted by Crippen LogP contribution is 2.25. The third-order valence-corrected chi connectivity index (χ3v) is 3.61. The minimum Gasteiger partial charge on any atom is -0.326 e. The van der Waals surface area contributed by atoms with Gasteiger partial charge in [-0.25, -0.2) is 0 Å². The summed E-state index contributed by atoms with van der Waals surface area (Å²) >= 11 is 0. The van der Waals surface area contributed by atoms with Gasteiger partial charge in [0, 0.05) is 37.0 Å². The van der Waals surface area contributed by atoms with E-state index < -0.39 is 0 Å². The summed E-state index contributed by atoms with van der Waals surface area (Å²) in [5.74, 6) is -0.00764. The molecule has 1 aliphatic heterocycles. The number of nitrogens with one attached hydrogen (secondary N) is 2. The van der Waals surface area contributed by atoms with E-state index in [2.05, 4.69) is 15.7 Å². The molecular weight excluding hydrogens is 280 g/mol. The summed E-state index contributed by atoms with van der Waals surface area (Å²) in [4.78, 5) is 23.3. The third-order valence-electron chi connectivity index (χ3n) is 3.61. The fourth-order valence-electron chi connectivity index (χ4n) is 2.49. The zero-order valence-corrected chi connectivity index (χ0v) is 12.4. The van der Waals surface area contributed by atoms with Crippen molar-refractivity contribution in [3.05, 3.63) is 41.7 Å². The van der Waals surface area contributed by atoms with Gasteiger partial charge < -0.3 is 10.6 Å². The summed E-state index contributed by atoms with van der Waals surface area (Å²) in [5.41, 5.74) is 3.73. The number of fused-ring (bicyclic) bond motifs is 1. The number of benzene rings is 1. The van der Waals surface area contributed by atoms with Crippen molar-refractivity contribution in [2.75, 3.05) is 10.6 Å². The van der Waals surface area contributed by atoms with Gasteiger partial charge in [-0.1, -0.05) is 0 Å². The van der Waals surface area contributed by atoms with Gasteiger partial charge in [-0.2, -0.15) is 5.10 Å². The SMILES string of the molecule is Cc1cnn(CCC(=O)Nc2ccc3c(c2)CCC(=O)N3)c1. The molecule has 3 rings (SSSR count). The van der Waals surface area contributed by atoms with Crippen molar-refractivity contribution in [1.82, 2.24) is 9.78 Å². The molecule has 0 atom stereocenters. The lowest BCUT2D eigenvalue weighted by Gasteiger charge is -2.17. The van der Waals surface area contributed by atoms with E-state index in [0.717, 1.165) is 22.5 Å². The van der Waals surface area contributed by atoms with Gasteiger partial charge in [0.05, 0.1) is 6.20 Å². The number of carbonyl (C=O) groups is 2. The molecule has 6 nitrogen and oxygen atoms in total. The number of rotatable bonds is 4. The van der Waals surface area contributed by atoms with Gasteiger partial charge in [0.1, 0.15) is 0 Å². The zero-order chi connectivity index (χ0) is 15.5. The first-order chi connectivity index (χ1) is 10.6. The lowest BCUT2D eigenvalue weighted by Crippen LogP contribution is -2.19. The molecule has 0 radical (unpaired) electrons. The Balaban J connectivity index is 1.58. The van der Waals surface area contributed by atoms with Crippen LogP contribution in [-0.4, -0.2) is 21.6 Å². The summed E-state index contributed by atoms with van der Waals surface area (Å²) in [7, 11) is 0. The fraction of sp³-hybridized carbons (Fsp3) is 0.312. The molecule has 114 valence electrons. The number of carbonyl (C=O) groups excluding carboxylic acids is 2. The Kier molecular flexibility index (Phi) is 3.91. The molecule has 6 heteroatoms. The molecule has 1 aromatic heterocycles. The molecule has 22 heavy (non-hydrogen) atoms. The molecule has 0 aliphatic carbocycles. The second-order valence-electron chi connectivity index (χ2n) is 5.50. The third kappa shape index (κ3) is 3.33. The van der Waals surface area contributed by atoms with E-state index in [1.165, 1.54) is 0 Å². The molecular formula is C16H18N4O2. The molecule has 2 amide bonds. The summed E-state index contributed by atoms with van der Waals surface area (Å²) < 4.78 is 1.76. The average Bonchev–Trinajstić information content (AvgIpc) is 2.91. The number of nitrogens with zero attached hydrogens (tertiary/aromatic N) is 2. The van der Waals surface area contributed by atoms with Crippen LogP contribution in [-0.2, 0) is 22.6 Å². The Morgan fingerprint density at radius 1 is 1.41 bits per heavy atom. The van der Waals surface area contributed by atoms with E-state index in [1.54, 1.807) is 16.9 Å². The molecule has 0 fully saturated rings. The largest absolute Gasteiger partial charge is 0.326 e. The minimum absolute atomic E-state index is 0.0406. The Morgan fingerprint density at radius 3 is 3.05 bits per heavy atom. The Bertz CT molecular complexity index is 721. The molecule has 0 saturated carbocycles. The number of hydrogen-bond donors (Lipinski definition) is 2. The summed E-state index contributed by atoms with van der Waals surface area (Å²) in [6.45, 7) is 2.52. The summed E-state index contributed by atoms with van der Waals surface area (Å²) in [5, 5.41) is 9.87. The van der Waals surface area contributed by atoms with Crippen molar-refractivity contribution in [3.63, 3.8) is 0 Å². The van der Waals surface area contributed by atoms with E-state index >= 15 is 0 Å². The van der Waals surface area contributed by atoms with E-state index in [9.17, 15) is 9.59 Å². The van der Waals surface area contributed by atoms with E-state index in [4.69, 9.17) is 0 Å². The normalized spacial score (nSPS) is 13.4. The second kappa shape index (κ2) is 6.01. The van der Waals surface area contributed by atoms with Crippen molar-refractivity contribution in [2.45, 2.75) is 32.7 Å². The van der Waals surface area contributed by atoms with Crippen LogP contribution in [0.5, 0.6) is 0 Å². The maximum absolute atomic E-state index is 12.0. The van der Waals surface area contributed by atoms with Crippen LogP contribution in [0.2, 0.25) is 0 Å². The molecule has 2 aromatic rings.